The van der Waals surface area contributed by atoms with E-state index in [9.17, 15) is 13.2 Å². The van der Waals surface area contributed by atoms with Gasteiger partial charge in [0.15, 0.2) is 0 Å². The number of carbonyl (C=O) groups excluding carboxylic acids is 1. The summed E-state index contributed by atoms with van der Waals surface area (Å²) in [6.07, 6.45) is 1.10. The highest BCUT2D eigenvalue weighted by atomic mass is 32.2. The van der Waals surface area contributed by atoms with Crippen molar-refractivity contribution in [3.8, 4) is 0 Å². The van der Waals surface area contributed by atoms with E-state index in [1.807, 2.05) is 11.8 Å². The van der Waals surface area contributed by atoms with Crippen molar-refractivity contribution in [1.82, 2.24) is 9.21 Å². The molecular weight excluding hydrogens is 236 g/mol. The molecule has 5 nitrogen and oxygen atoms in total. The number of thioether (sulfide) groups is 1. The zero-order valence-electron chi connectivity index (χ0n) is 8.97. The smallest absolute Gasteiger partial charge is 0.237 e. The van der Waals surface area contributed by atoms with Gasteiger partial charge in [0, 0.05) is 31.6 Å². The van der Waals surface area contributed by atoms with E-state index < -0.39 is 10.0 Å². The number of hydrogen-bond acceptors (Lipinski definition) is 4. The van der Waals surface area contributed by atoms with E-state index in [0.29, 0.717) is 0 Å². The summed E-state index contributed by atoms with van der Waals surface area (Å²) in [5, 5.41) is 0. The van der Waals surface area contributed by atoms with Gasteiger partial charge in [0.1, 0.15) is 0 Å². The number of nitrogens with zero attached hydrogens (tertiary/aromatic N) is 2. The molecule has 0 radical (unpaired) electrons. The molecule has 1 fully saturated rings. The van der Waals surface area contributed by atoms with Crippen molar-refractivity contribution in [3.63, 3.8) is 0 Å². The highest BCUT2D eigenvalue weighted by molar-refractivity contribution is 7.99. The zero-order valence-corrected chi connectivity index (χ0v) is 10.6. The van der Waals surface area contributed by atoms with E-state index in [1.165, 1.54) is 7.05 Å². The number of hydrogen-bond donors (Lipinski definition) is 0. The molecule has 1 heterocycles. The van der Waals surface area contributed by atoms with E-state index >= 15 is 0 Å². The van der Waals surface area contributed by atoms with Crippen LogP contribution in [0.15, 0.2) is 0 Å². The number of carbonyl (C=O) groups is 1. The van der Waals surface area contributed by atoms with Crippen molar-refractivity contribution in [2.24, 2.45) is 0 Å². The Balaban J connectivity index is 2.47. The van der Waals surface area contributed by atoms with Gasteiger partial charge in [-0.05, 0) is 0 Å². The standard InChI is InChI=1S/C8H16N2O3S2/c1-9(15(2,12)13)7-8(11)10-3-5-14-6-4-10/h3-7H2,1-2H3. The van der Waals surface area contributed by atoms with Crippen molar-refractivity contribution in [2.75, 3.05) is 44.4 Å². The van der Waals surface area contributed by atoms with Gasteiger partial charge < -0.3 is 4.90 Å². The second kappa shape index (κ2) is 5.18. The third-order valence-electron chi connectivity index (χ3n) is 2.29. The molecule has 1 saturated heterocycles. The zero-order chi connectivity index (χ0) is 11.5. The highest BCUT2D eigenvalue weighted by Gasteiger charge is 2.21. The molecule has 15 heavy (non-hydrogen) atoms. The predicted octanol–water partition coefficient (Wildman–Crippen LogP) is -0.547. The van der Waals surface area contributed by atoms with E-state index in [-0.39, 0.29) is 12.5 Å². The summed E-state index contributed by atoms with van der Waals surface area (Å²) in [7, 11) is -1.83. The number of amides is 1. The van der Waals surface area contributed by atoms with Crippen LogP contribution in [0.5, 0.6) is 0 Å². The monoisotopic (exact) mass is 252 g/mol. The summed E-state index contributed by atoms with van der Waals surface area (Å²) in [5.74, 6) is 1.77. The molecular formula is C8H16N2O3S2. The number of sulfonamides is 1. The number of rotatable bonds is 3. The predicted molar refractivity (Wildman–Crippen MR) is 61.4 cm³/mol. The van der Waals surface area contributed by atoms with Crippen molar-refractivity contribution in [3.05, 3.63) is 0 Å². The van der Waals surface area contributed by atoms with Crippen LogP contribution in [0, 0.1) is 0 Å². The van der Waals surface area contributed by atoms with E-state index in [0.717, 1.165) is 35.2 Å². The molecule has 88 valence electrons. The van der Waals surface area contributed by atoms with Crippen LogP contribution in [0.4, 0.5) is 0 Å². The first-order valence-corrected chi connectivity index (χ1v) is 7.68. The average Bonchev–Trinajstić information content (AvgIpc) is 2.17. The van der Waals surface area contributed by atoms with Gasteiger partial charge in [-0.2, -0.15) is 16.1 Å². The van der Waals surface area contributed by atoms with Crippen LogP contribution in [0.3, 0.4) is 0 Å². The van der Waals surface area contributed by atoms with E-state index in [4.69, 9.17) is 0 Å². The first-order valence-electron chi connectivity index (χ1n) is 4.68. The molecule has 7 heteroatoms. The summed E-state index contributed by atoms with van der Waals surface area (Å²) in [6.45, 7) is 1.39. The Hall–Kier alpha value is -0.270. The van der Waals surface area contributed by atoms with Crippen LogP contribution in [0.1, 0.15) is 0 Å². The lowest BCUT2D eigenvalue weighted by Crippen LogP contribution is -2.44. The fourth-order valence-electron chi connectivity index (χ4n) is 1.22. The minimum Gasteiger partial charge on any atom is -0.340 e. The minimum atomic E-state index is -3.26. The molecule has 0 aromatic carbocycles. The molecule has 0 aliphatic carbocycles. The summed E-state index contributed by atoms with van der Waals surface area (Å²) in [6, 6.07) is 0. The molecule has 0 saturated carbocycles. The lowest BCUT2D eigenvalue weighted by molar-refractivity contribution is -0.130. The molecule has 0 aromatic heterocycles. The third kappa shape index (κ3) is 4.00. The molecule has 0 spiro atoms. The fraction of sp³-hybridized carbons (Fsp3) is 0.875. The molecule has 1 rings (SSSR count). The molecule has 0 atom stereocenters. The largest absolute Gasteiger partial charge is 0.340 e. The minimum absolute atomic E-state index is 0.0521. The van der Waals surface area contributed by atoms with E-state index in [2.05, 4.69) is 0 Å². The molecule has 1 aliphatic heterocycles. The third-order valence-corrected chi connectivity index (χ3v) is 4.49. The first-order chi connectivity index (χ1) is 6.91. The van der Waals surface area contributed by atoms with Gasteiger partial charge in [-0.25, -0.2) is 8.42 Å². The summed E-state index contributed by atoms with van der Waals surface area (Å²) in [5.41, 5.74) is 0. The van der Waals surface area contributed by atoms with Gasteiger partial charge >= 0.3 is 0 Å². The van der Waals surface area contributed by atoms with E-state index in [1.54, 1.807) is 4.90 Å². The van der Waals surface area contributed by atoms with Crippen LogP contribution >= 0.6 is 11.8 Å². The first kappa shape index (κ1) is 12.8. The molecule has 0 unspecified atom stereocenters. The Bertz CT molecular complexity index is 323. The van der Waals surface area contributed by atoms with Crippen LogP contribution in [-0.4, -0.2) is 68.0 Å². The lowest BCUT2D eigenvalue weighted by Gasteiger charge is -2.27. The van der Waals surface area contributed by atoms with Gasteiger partial charge in [0.2, 0.25) is 15.9 Å². The molecule has 0 bridgehead atoms. The summed E-state index contributed by atoms with van der Waals surface area (Å²) < 4.78 is 23.3. The highest BCUT2D eigenvalue weighted by Crippen LogP contribution is 2.09. The maximum atomic E-state index is 11.7. The maximum absolute atomic E-state index is 11.7. The Morgan fingerprint density at radius 3 is 2.40 bits per heavy atom. The topological polar surface area (TPSA) is 57.7 Å². The van der Waals surface area contributed by atoms with Gasteiger partial charge in [-0.3, -0.25) is 4.79 Å². The second-order valence-electron chi connectivity index (χ2n) is 3.51. The second-order valence-corrected chi connectivity index (χ2v) is 6.83. The van der Waals surface area contributed by atoms with Crippen molar-refractivity contribution >= 4 is 27.7 Å². The normalized spacial score (nSPS) is 18.2. The molecule has 0 N–H and O–H groups in total. The SMILES string of the molecule is CN(CC(=O)N1CCSCC1)S(C)(=O)=O. The van der Waals surface area contributed by atoms with Gasteiger partial charge in [0.25, 0.3) is 0 Å². The van der Waals surface area contributed by atoms with Crippen LogP contribution < -0.4 is 0 Å². The Morgan fingerprint density at radius 2 is 1.93 bits per heavy atom. The van der Waals surface area contributed by atoms with Gasteiger partial charge in [0.05, 0.1) is 12.8 Å². The van der Waals surface area contributed by atoms with Crippen LogP contribution in [0.2, 0.25) is 0 Å². The maximum Gasteiger partial charge on any atom is 0.237 e. The van der Waals surface area contributed by atoms with Crippen LogP contribution in [0.25, 0.3) is 0 Å². The van der Waals surface area contributed by atoms with Gasteiger partial charge in [-0.1, -0.05) is 0 Å². The fourth-order valence-corrected chi connectivity index (χ4v) is 2.47. The number of likely N-dealkylation sites (N-methyl/N-ethyl adjacent to an activating group) is 1. The summed E-state index contributed by atoms with van der Waals surface area (Å²) >= 11 is 1.81. The molecule has 1 amide bonds. The quantitative estimate of drug-likeness (QED) is 0.676. The van der Waals surface area contributed by atoms with Crippen molar-refractivity contribution < 1.29 is 13.2 Å². The average molecular weight is 252 g/mol. The Labute approximate surface area is 94.9 Å². The molecule has 0 aromatic rings. The van der Waals surface area contributed by atoms with Crippen LogP contribution in [-0.2, 0) is 14.8 Å². The van der Waals surface area contributed by atoms with Gasteiger partial charge in [-0.15, -0.1) is 0 Å². The lowest BCUT2D eigenvalue weighted by atomic mass is 10.4. The van der Waals surface area contributed by atoms with Crippen molar-refractivity contribution in [1.29, 1.82) is 0 Å². The molecule has 1 aliphatic rings. The summed E-state index contributed by atoms with van der Waals surface area (Å²) in [4.78, 5) is 13.4. The Morgan fingerprint density at radius 1 is 1.40 bits per heavy atom. The Kier molecular flexibility index (Phi) is 4.42. The van der Waals surface area contributed by atoms with Crippen molar-refractivity contribution in [2.45, 2.75) is 0 Å².